The quantitative estimate of drug-likeness (QED) is 0.101. The lowest BCUT2D eigenvalue weighted by molar-refractivity contribution is -0.138. The number of benzene rings is 5. The molecule has 0 fully saturated rings. The Balaban J connectivity index is 1.58. The topological polar surface area (TPSA) is 44.8 Å². The van der Waals surface area contributed by atoms with Crippen LogP contribution in [0.1, 0.15) is 0 Å². The summed E-state index contributed by atoms with van der Waals surface area (Å²) in [6.07, 6.45) is 1.14. The van der Waals surface area contributed by atoms with Crippen LogP contribution < -0.4 is 9.47 Å². The first kappa shape index (κ1) is 23.2. The lowest BCUT2D eigenvalue weighted by atomic mass is 9.86. The molecule has 0 atom stereocenters. The molecule has 36 heavy (non-hydrogen) atoms. The van der Waals surface area contributed by atoms with Crippen molar-refractivity contribution in [2.45, 2.75) is 0 Å². The lowest BCUT2D eigenvalue weighted by Gasteiger charge is -2.18. The van der Waals surface area contributed by atoms with Gasteiger partial charge >= 0.3 is 5.97 Å². The van der Waals surface area contributed by atoms with E-state index in [2.05, 4.69) is 79.4 Å². The number of ether oxygens (including phenoxy) is 3. The maximum Gasteiger partial charge on any atom is 0.330 e. The normalized spacial score (nSPS) is 10.8. The van der Waals surface area contributed by atoms with Crippen molar-refractivity contribution in [1.82, 2.24) is 0 Å². The second-order valence-electron chi connectivity index (χ2n) is 8.31. The number of esters is 1. The second-order valence-corrected chi connectivity index (χ2v) is 8.31. The van der Waals surface area contributed by atoms with E-state index in [9.17, 15) is 4.79 Å². The summed E-state index contributed by atoms with van der Waals surface area (Å²) in [7, 11) is 1.68. The van der Waals surface area contributed by atoms with E-state index in [1.165, 1.54) is 32.7 Å². The molecule has 0 aromatic heterocycles. The van der Waals surface area contributed by atoms with E-state index in [-0.39, 0.29) is 13.2 Å². The third-order valence-electron chi connectivity index (χ3n) is 6.22. The Kier molecular flexibility index (Phi) is 6.67. The molecule has 0 aliphatic rings. The molecule has 5 aromatic rings. The molecule has 0 saturated carbocycles. The first-order valence-corrected chi connectivity index (χ1v) is 11.8. The predicted octanol–water partition coefficient (Wildman–Crippen LogP) is 7.44. The van der Waals surface area contributed by atoms with Gasteiger partial charge in [-0.2, -0.15) is 0 Å². The van der Waals surface area contributed by atoms with Crippen molar-refractivity contribution in [2.24, 2.45) is 0 Å². The molecule has 0 saturated heterocycles. The van der Waals surface area contributed by atoms with Crippen LogP contribution in [0.15, 0.2) is 110 Å². The fourth-order valence-corrected chi connectivity index (χ4v) is 4.59. The fraction of sp³-hybridized carbons (Fsp3) is 0.0938. The monoisotopic (exact) mass is 474 g/mol. The molecule has 4 heteroatoms. The van der Waals surface area contributed by atoms with Gasteiger partial charge in [0.15, 0.2) is 0 Å². The first-order valence-electron chi connectivity index (χ1n) is 11.8. The predicted molar refractivity (Wildman–Crippen MR) is 146 cm³/mol. The van der Waals surface area contributed by atoms with Crippen molar-refractivity contribution >= 4 is 27.5 Å². The van der Waals surface area contributed by atoms with Gasteiger partial charge < -0.3 is 14.2 Å². The van der Waals surface area contributed by atoms with Crippen LogP contribution in [0.3, 0.4) is 0 Å². The van der Waals surface area contributed by atoms with Crippen LogP contribution in [-0.4, -0.2) is 26.3 Å². The molecule has 0 bridgehead atoms. The maximum absolute atomic E-state index is 11.2. The third-order valence-corrected chi connectivity index (χ3v) is 6.22. The molecule has 178 valence electrons. The smallest absolute Gasteiger partial charge is 0.330 e. The molecular formula is C32H26O4. The summed E-state index contributed by atoms with van der Waals surface area (Å²) in [6.45, 7) is 3.84. The average Bonchev–Trinajstić information content (AvgIpc) is 2.94. The summed E-state index contributed by atoms with van der Waals surface area (Å²) in [4.78, 5) is 11.2. The van der Waals surface area contributed by atoms with Gasteiger partial charge in [0.25, 0.3) is 0 Å². The summed E-state index contributed by atoms with van der Waals surface area (Å²) in [6, 6.07) is 33.4. The summed E-state index contributed by atoms with van der Waals surface area (Å²) in [5.74, 6) is 1.10. The van der Waals surface area contributed by atoms with Gasteiger partial charge in [-0.1, -0.05) is 79.4 Å². The summed E-state index contributed by atoms with van der Waals surface area (Å²) in [5.41, 5.74) is 4.65. The Bertz CT molecular complexity index is 1480. The molecule has 0 N–H and O–H groups in total. The van der Waals surface area contributed by atoms with Crippen molar-refractivity contribution in [3.05, 3.63) is 110 Å². The number of hydrogen-bond donors (Lipinski definition) is 0. The number of rotatable bonds is 8. The van der Waals surface area contributed by atoms with E-state index >= 15 is 0 Å². The number of hydrogen-bond acceptors (Lipinski definition) is 4. The molecule has 0 radical (unpaired) electrons. The number of fused-ring (bicyclic) bond motifs is 2. The maximum atomic E-state index is 11.2. The average molecular weight is 475 g/mol. The van der Waals surface area contributed by atoms with Gasteiger partial charge in [-0.05, 0) is 68.1 Å². The highest BCUT2D eigenvalue weighted by Gasteiger charge is 2.16. The Morgan fingerprint density at radius 2 is 1.11 bits per heavy atom. The summed E-state index contributed by atoms with van der Waals surface area (Å²) in [5, 5.41) is 4.76. The van der Waals surface area contributed by atoms with Gasteiger partial charge in [0.2, 0.25) is 0 Å². The number of methoxy groups -OCH3 is 1. The van der Waals surface area contributed by atoms with Crippen molar-refractivity contribution in [2.75, 3.05) is 20.3 Å². The minimum Gasteiger partial charge on any atom is -0.497 e. The Morgan fingerprint density at radius 1 is 0.667 bits per heavy atom. The van der Waals surface area contributed by atoms with Crippen molar-refractivity contribution in [1.29, 1.82) is 0 Å². The van der Waals surface area contributed by atoms with Gasteiger partial charge in [-0.15, -0.1) is 0 Å². The SMILES string of the molecule is C=CC(=O)OCCOc1ccc(-c2c3ccccc3c(-c3ccc(OC)cc3)c3ccccc23)cc1. The summed E-state index contributed by atoms with van der Waals surface area (Å²) >= 11 is 0. The van der Waals surface area contributed by atoms with Crippen LogP contribution in [-0.2, 0) is 9.53 Å². The Hall–Kier alpha value is -4.57. The first-order chi connectivity index (χ1) is 17.7. The van der Waals surface area contributed by atoms with E-state index in [0.717, 1.165) is 28.7 Å². The van der Waals surface area contributed by atoms with Crippen LogP contribution in [0.5, 0.6) is 11.5 Å². The van der Waals surface area contributed by atoms with E-state index in [1.54, 1.807) is 7.11 Å². The zero-order valence-corrected chi connectivity index (χ0v) is 20.1. The molecule has 5 rings (SSSR count). The molecule has 0 aliphatic heterocycles. The van der Waals surface area contributed by atoms with Crippen molar-refractivity contribution in [3.63, 3.8) is 0 Å². The fourth-order valence-electron chi connectivity index (χ4n) is 4.59. The number of carbonyl (C=O) groups excluding carboxylic acids is 1. The molecular weight excluding hydrogens is 448 g/mol. The van der Waals surface area contributed by atoms with Gasteiger partial charge in [0, 0.05) is 6.08 Å². The van der Waals surface area contributed by atoms with Crippen LogP contribution in [0.4, 0.5) is 0 Å². The molecule has 0 aliphatic carbocycles. The highest BCUT2D eigenvalue weighted by molar-refractivity contribution is 6.21. The standard InChI is InChI=1S/C32H26O4/c1-3-30(33)36-21-20-35-25-18-14-23(15-19-25)32-28-10-6-4-8-26(28)31(27-9-5-7-11-29(27)32)22-12-16-24(34-2)17-13-22/h3-19H,1,20-21H2,2H3. The third kappa shape index (κ3) is 4.53. The van der Waals surface area contributed by atoms with Gasteiger partial charge in [-0.3, -0.25) is 0 Å². The number of carbonyl (C=O) groups is 1. The minimum atomic E-state index is -0.453. The molecule has 0 spiro atoms. The van der Waals surface area contributed by atoms with E-state index in [0.29, 0.717) is 0 Å². The molecule has 0 heterocycles. The van der Waals surface area contributed by atoms with E-state index in [1.807, 2.05) is 24.3 Å². The zero-order chi connectivity index (χ0) is 24.9. The zero-order valence-electron chi connectivity index (χ0n) is 20.1. The van der Waals surface area contributed by atoms with Gasteiger partial charge in [-0.25, -0.2) is 4.79 Å². The van der Waals surface area contributed by atoms with E-state index in [4.69, 9.17) is 14.2 Å². The Morgan fingerprint density at radius 3 is 1.53 bits per heavy atom. The van der Waals surface area contributed by atoms with Crippen molar-refractivity contribution < 1.29 is 19.0 Å². The van der Waals surface area contributed by atoms with Crippen molar-refractivity contribution in [3.8, 4) is 33.8 Å². The Labute approximate surface area is 210 Å². The van der Waals surface area contributed by atoms with E-state index < -0.39 is 5.97 Å². The van der Waals surface area contributed by atoms with Crippen LogP contribution in [0.2, 0.25) is 0 Å². The van der Waals surface area contributed by atoms with Crippen LogP contribution in [0.25, 0.3) is 43.8 Å². The van der Waals surface area contributed by atoms with Gasteiger partial charge in [0.1, 0.15) is 24.7 Å². The van der Waals surface area contributed by atoms with Gasteiger partial charge in [0.05, 0.1) is 7.11 Å². The van der Waals surface area contributed by atoms with Crippen LogP contribution >= 0.6 is 0 Å². The second kappa shape index (κ2) is 10.4. The minimum absolute atomic E-state index is 0.175. The van der Waals surface area contributed by atoms with Crippen LogP contribution in [0, 0.1) is 0 Å². The summed E-state index contributed by atoms with van der Waals surface area (Å²) < 4.78 is 16.1. The molecule has 0 unspecified atom stereocenters. The highest BCUT2D eigenvalue weighted by atomic mass is 16.6. The highest BCUT2D eigenvalue weighted by Crippen LogP contribution is 2.43. The molecule has 0 amide bonds. The lowest BCUT2D eigenvalue weighted by Crippen LogP contribution is -2.10. The molecule has 4 nitrogen and oxygen atoms in total. The molecule has 5 aromatic carbocycles. The largest absolute Gasteiger partial charge is 0.497 e.